The Morgan fingerprint density at radius 2 is 1.72 bits per heavy atom. The van der Waals surface area contributed by atoms with Crippen molar-refractivity contribution < 1.29 is 14.3 Å². The van der Waals surface area contributed by atoms with Gasteiger partial charge in [0, 0.05) is 38.6 Å². The lowest BCUT2D eigenvalue weighted by molar-refractivity contribution is -0.142. The molecule has 7 nitrogen and oxygen atoms in total. The number of hydrogen-bond donors (Lipinski definition) is 1. The van der Waals surface area contributed by atoms with Crippen LogP contribution in [0.1, 0.15) is 32.1 Å². The summed E-state index contributed by atoms with van der Waals surface area (Å²) >= 11 is 0. The predicted molar refractivity (Wildman–Crippen MR) is 95.0 cm³/mol. The van der Waals surface area contributed by atoms with Crippen molar-refractivity contribution in [1.29, 1.82) is 0 Å². The first-order valence-corrected chi connectivity index (χ1v) is 9.74. The largest absolute Gasteiger partial charge is 0.378 e. The van der Waals surface area contributed by atoms with Crippen LogP contribution in [0.5, 0.6) is 0 Å². The Hall–Kier alpha value is -1.18. The van der Waals surface area contributed by atoms with Crippen LogP contribution >= 0.6 is 0 Å². The molecule has 2 N–H and O–H groups in total. The van der Waals surface area contributed by atoms with Gasteiger partial charge in [0.15, 0.2) is 0 Å². The zero-order valence-electron chi connectivity index (χ0n) is 15.2. The van der Waals surface area contributed by atoms with E-state index in [-0.39, 0.29) is 11.8 Å². The predicted octanol–water partition coefficient (Wildman–Crippen LogP) is -0.103. The molecular formula is C18H32N4O3. The number of carbonyl (C=O) groups is 2. The first kappa shape index (κ1) is 18.6. The molecule has 0 spiro atoms. The summed E-state index contributed by atoms with van der Waals surface area (Å²) in [7, 11) is 0. The van der Waals surface area contributed by atoms with E-state index in [0.717, 1.165) is 71.5 Å². The Balaban J connectivity index is 1.45. The molecule has 7 heteroatoms. The minimum atomic E-state index is -0.220. The van der Waals surface area contributed by atoms with Gasteiger partial charge in [-0.05, 0) is 45.3 Å². The number of likely N-dealkylation sites (tertiary alicyclic amines) is 2. The summed E-state index contributed by atoms with van der Waals surface area (Å²) in [4.78, 5) is 30.6. The fraction of sp³-hybridized carbons (Fsp3) is 0.889. The Morgan fingerprint density at radius 3 is 2.40 bits per heavy atom. The normalized spacial score (nSPS) is 27.4. The lowest BCUT2D eigenvalue weighted by atomic mass is 9.92. The summed E-state index contributed by atoms with van der Waals surface area (Å²) in [6.07, 6.45) is 4.83. The van der Waals surface area contributed by atoms with Crippen LogP contribution in [0.25, 0.3) is 0 Å². The molecule has 0 aromatic heterocycles. The summed E-state index contributed by atoms with van der Waals surface area (Å²) < 4.78 is 5.36. The van der Waals surface area contributed by atoms with Crippen LogP contribution in [0.2, 0.25) is 0 Å². The van der Waals surface area contributed by atoms with Crippen LogP contribution in [0.3, 0.4) is 0 Å². The average molecular weight is 352 g/mol. The second-order valence-corrected chi connectivity index (χ2v) is 7.56. The highest BCUT2D eigenvalue weighted by Gasteiger charge is 2.33. The highest BCUT2D eigenvalue weighted by atomic mass is 16.5. The van der Waals surface area contributed by atoms with Crippen molar-refractivity contribution in [2.75, 3.05) is 59.0 Å². The van der Waals surface area contributed by atoms with Crippen molar-refractivity contribution in [3.63, 3.8) is 0 Å². The first-order chi connectivity index (χ1) is 12.1. The molecule has 3 saturated heterocycles. The maximum atomic E-state index is 12.8. The third kappa shape index (κ3) is 5.15. The molecule has 0 bridgehead atoms. The number of ether oxygens (including phenoxy) is 1. The third-order valence-corrected chi connectivity index (χ3v) is 5.87. The van der Waals surface area contributed by atoms with E-state index in [1.165, 1.54) is 0 Å². The van der Waals surface area contributed by atoms with Crippen molar-refractivity contribution in [2.45, 2.75) is 38.1 Å². The van der Waals surface area contributed by atoms with Crippen molar-refractivity contribution in [1.82, 2.24) is 14.7 Å². The van der Waals surface area contributed by atoms with Gasteiger partial charge in [-0.1, -0.05) is 0 Å². The molecule has 3 rings (SSSR count). The number of primary amides is 1. The van der Waals surface area contributed by atoms with Gasteiger partial charge in [0.25, 0.3) is 0 Å². The van der Waals surface area contributed by atoms with Gasteiger partial charge in [0.2, 0.25) is 11.8 Å². The van der Waals surface area contributed by atoms with Crippen LogP contribution in [0.15, 0.2) is 0 Å². The van der Waals surface area contributed by atoms with Gasteiger partial charge in [0.1, 0.15) is 0 Å². The summed E-state index contributed by atoms with van der Waals surface area (Å²) in [5.74, 6) is 0.259. The molecule has 0 aliphatic carbocycles. The molecule has 1 unspecified atom stereocenters. The monoisotopic (exact) mass is 352 g/mol. The molecule has 3 heterocycles. The molecule has 0 radical (unpaired) electrons. The minimum absolute atomic E-state index is 0.153. The lowest BCUT2D eigenvalue weighted by Gasteiger charge is -2.43. The van der Waals surface area contributed by atoms with E-state index in [1.807, 2.05) is 4.90 Å². The second kappa shape index (κ2) is 8.96. The van der Waals surface area contributed by atoms with Gasteiger partial charge in [-0.15, -0.1) is 0 Å². The molecule has 3 aliphatic rings. The van der Waals surface area contributed by atoms with Crippen molar-refractivity contribution in [2.24, 2.45) is 11.7 Å². The maximum Gasteiger partial charge on any atom is 0.227 e. The van der Waals surface area contributed by atoms with E-state index >= 15 is 0 Å². The minimum Gasteiger partial charge on any atom is -0.378 e. The Labute approximate surface area is 150 Å². The van der Waals surface area contributed by atoms with Gasteiger partial charge >= 0.3 is 0 Å². The molecular weight excluding hydrogens is 320 g/mol. The number of nitrogens with zero attached hydrogens (tertiary/aromatic N) is 3. The van der Waals surface area contributed by atoms with E-state index in [2.05, 4.69) is 9.80 Å². The van der Waals surface area contributed by atoms with Crippen LogP contribution in [-0.4, -0.2) is 91.6 Å². The van der Waals surface area contributed by atoms with Gasteiger partial charge < -0.3 is 20.3 Å². The summed E-state index contributed by atoms with van der Waals surface area (Å²) in [6.45, 7) is 7.67. The van der Waals surface area contributed by atoms with E-state index in [4.69, 9.17) is 10.5 Å². The molecule has 142 valence electrons. The lowest BCUT2D eigenvalue weighted by Crippen LogP contribution is -2.52. The Morgan fingerprint density at radius 1 is 1.00 bits per heavy atom. The average Bonchev–Trinajstić information content (AvgIpc) is 2.67. The smallest absolute Gasteiger partial charge is 0.227 e. The van der Waals surface area contributed by atoms with Gasteiger partial charge in [-0.25, -0.2) is 0 Å². The van der Waals surface area contributed by atoms with Crippen LogP contribution in [-0.2, 0) is 14.3 Å². The molecule has 1 atom stereocenters. The van der Waals surface area contributed by atoms with Crippen molar-refractivity contribution in [3.8, 4) is 0 Å². The molecule has 2 amide bonds. The molecule has 0 aromatic carbocycles. The molecule has 25 heavy (non-hydrogen) atoms. The van der Waals surface area contributed by atoms with E-state index in [1.54, 1.807) is 0 Å². The van der Waals surface area contributed by atoms with Crippen LogP contribution in [0, 0.1) is 5.92 Å². The SMILES string of the molecule is NC(=O)CCN1CCC(N2CCCC(C(=O)N3CCOCC3)C2)CC1. The van der Waals surface area contributed by atoms with Crippen LogP contribution in [0.4, 0.5) is 0 Å². The molecule has 0 saturated carbocycles. The topological polar surface area (TPSA) is 79.1 Å². The van der Waals surface area contributed by atoms with Gasteiger partial charge in [-0.3, -0.25) is 14.5 Å². The fourth-order valence-electron chi connectivity index (χ4n) is 4.36. The Kier molecular flexibility index (Phi) is 6.67. The summed E-state index contributed by atoms with van der Waals surface area (Å²) in [5, 5.41) is 0. The fourth-order valence-corrected chi connectivity index (χ4v) is 4.36. The Bertz CT molecular complexity index is 459. The first-order valence-electron chi connectivity index (χ1n) is 9.74. The van der Waals surface area contributed by atoms with E-state index < -0.39 is 0 Å². The zero-order valence-corrected chi connectivity index (χ0v) is 15.2. The summed E-state index contributed by atoms with van der Waals surface area (Å²) in [6, 6.07) is 0.574. The third-order valence-electron chi connectivity index (χ3n) is 5.87. The zero-order chi connectivity index (χ0) is 17.6. The van der Waals surface area contributed by atoms with E-state index in [9.17, 15) is 9.59 Å². The molecule has 3 aliphatic heterocycles. The highest BCUT2D eigenvalue weighted by Crippen LogP contribution is 2.25. The number of morpholine rings is 1. The maximum absolute atomic E-state index is 12.8. The van der Waals surface area contributed by atoms with Crippen LogP contribution < -0.4 is 5.73 Å². The molecule has 3 fully saturated rings. The van der Waals surface area contributed by atoms with Crippen molar-refractivity contribution in [3.05, 3.63) is 0 Å². The number of hydrogen-bond acceptors (Lipinski definition) is 5. The standard InChI is InChI=1S/C18H32N4O3/c19-17(23)5-9-20-7-3-16(4-8-20)22-6-1-2-15(14-22)18(24)21-10-12-25-13-11-21/h15-16H,1-14H2,(H2,19,23). The van der Waals surface area contributed by atoms with Gasteiger partial charge in [-0.2, -0.15) is 0 Å². The number of nitrogens with two attached hydrogens (primary N) is 1. The number of amides is 2. The number of carbonyl (C=O) groups excluding carboxylic acids is 2. The number of piperidine rings is 2. The number of rotatable bonds is 5. The quantitative estimate of drug-likeness (QED) is 0.747. The molecule has 0 aromatic rings. The van der Waals surface area contributed by atoms with E-state index in [0.29, 0.717) is 31.6 Å². The van der Waals surface area contributed by atoms with Gasteiger partial charge in [0.05, 0.1) is 19.1 Å². The highest BCUT2D eigenvalue weighted by molar-refractivity contribution is 5.79. The summed E-state index contributed by atoms with van der Waals surface area (Å²) in [5.41, 5.74) is 5.24. The van der Waals surface area contributed by atoms with Crippen molar-refractivity contribution >= 4 is 11.8 Å². The second-order valence-electron chi connectivity index (χ2n) is 7.56.